The highest BCUT2D eigenvalue weighted by atomic mass is 35.5. The maximum absolute atomic E-state index is 10.7. The van der Waals surface area contributed by atoms with Gasteiger partial charge in [0.05, 0.1) is 4.92 Å². The maximum Gasteiger partial charge on any atom is 0.290 e. The molecule has 0 unspecified atom stereocenters. The van der Waals surface area contributed by atoms with E-state index in [0.29, 0.717) is 23.1 Å². The predicted octanol–water partition coefficient (Wildman–Crippen LogP) is 3.56. The third-order valence-electron chi connectivity index (χ3n) is 2.62. The van der Waals surface area contributed by atoms with Crippen LogP contribution in [0.3, 0.4) is 0 Å². The average Bonchev–Trinajstić information content (AvgIpc) is 2.36. The highest BCUT2D eigenvalue weighted by Gasteiger charge is 2.11. The van der Waals surface area contributed by atoms with E-state index in [-0.39, 0.29) is 5.69 Å². The van der Waals surface area contributed by atoms with Crippen LogP contribution in [0.4, 0.5) is 11.5 Å². The second-order valence-corrected chi connectivity index (χ2v) is 4.48. The summed E-state index contributed by atoms with van der Waals surface area (Å²) in [6.45, 7) is 2.17. The van der Waals surface area contributed by atoms with E-state index in [4.69, 9.17) is 11.6 Å². The molecule has 0 atom stereocenters. The van der Waals surface area contributed by atoms with Crippen LogP contribution in [0, 0.1) is 17.0 Å². The lowest BCUT2D eigenvalue weighted by atomic mass is 10.2. The first kappa shape index (κ1) is 13.3. The number of pyridine rings is 1. The number of aromatic nitrogens is 1. The van der Waals surface area contributed by atoms with E-state index in [1.165, 1.54) is 6.07 Å². The second-order valence-electron chi connectivity index (χ2n) is 4.04. The molecule has 0 bridgehead atoms. The van der Waals surface area contributed by atoms with Gasteiger partial charge in [0.25, 0.3) is 5.69 Å². The van der Waals surface area contributed by atoms with Gasteiger partial charge in [0, 0.05) is 17.6 Å². The Balaban J connectivity index is 2.08. The van der Waals surface area contributed by atoms with E-state index in [1.54, 1.807) is 19.1 Å². The van der Waals surface area contributed by atoms with Crippen molar-refractivity contribution in [2.45, 2.75) is 13.5 Å². The predicted molar refractivity (Wildman–Crippen MR) is 74.4 cm³/mol. The van der Waals surface area contributed by atoms with Crippen molar-refractivity contribution in [3.8, 4) is 0 Å². The molecule has 2 rings (SSSR count). The number of aryl methyl sites for hydroxylation is 1. The molecule has 0 saturated carbocycles. The molecule has 0 spiro atoms. The summed E-state index contributed by atoms with van der Waals surface area (Å²) in [5.41, 5.74) is 1.43. The van der Waals surface area contributed by atoms with Crippen molar-refractivity contribution in [2.24, 2.45) is 0 Å². The summed E-state index contributed by atoms with van der Waals surface area (Å²) in [5.74, 6) is 0.600. The van der Waals surface area contributed by atoms with Gasteiger partial charge < -0.3 is 5.32 Å². The minimum absolute atomic E-state index is 0.0216. The van der Waals surface area contributed by atoms with E-state index >= 15 is 0 Å². The van der Waals surface area contributed by atoms with Crippen LogP contribution in [0.5, 0.6) is 0 Å². The van der Waals surface area contributed by atoms with Gasteiger partial charge in [0.2, 0.25) is 0 Å². The molecule has 1 aromatic carbocycles. The molecule has 0 aliphatic heterocycles. The molecule has 0 fully saturated rings. The Bertz CT molecular complexity index is 617. The smallest absolute Gasteiger partial charge is 0.290 e. The quantitative estimate of drug-likeness (QED) is 0.685. The molecule has 0 saturated heterocycles. The van der Waals surface area contributed by atoms with Crippen LogP contribution >= 0.6 is 11.6 Å². The van der Waals surface area contributed by atoms with E-state index in [1.807, 2.05) is 18.2 Å². The minimum Gasteiger partial charge on any atom is -0.366 e. The number of hydrogen-bond acceptors (Lipinski definition) is 4. The second kappa shape index (κ2) is 5.67. The number of anilines is 1. The summed E-state index contributed by atoms with van der Waals surface area (Å²) in [4.78, 5) is 14.4. The van der Waals surface area contributed by atoms with Gasteiger partial charge in [-0.05, 0) is 30.7 Å². The van der Waals surface area contributed by atoms with Crippen molar-refractivity contribution in [1.82, 2.24) is 4.98 Å². The molecule has 0 aliphatic rings. The molecular formula is C13H12ClN3O2. The number of nitrogens with zero attached hydrogens (tertiary/aromatic N) is 2. The molecule has 0 amide bonds. The third kappa shape index (κ3) is 3.42. The van der Waals surface area contributed by atoms with Crippen molar-refractivity contribution < 1.29 is 4.92 Å². The Morgan fingerprint density at radius 3 is 2.79 bits per heavy atom. The van der Waals surface area contributed by atoms with Crippen LogP contribution in [0.15, 0.2) is 36.4 Å². The van der Waals surface area contributed by atoms with Crippen molar-refractivity contribution in [2.75, 3.05) is 5.32 Å². The number of nitrogens with one attached hydrogen (secondary N) is 1. The Morgan fingerprint density at radius 2 is 2.16 bits per heavy atom. The fourth-order valence-corrected chi connectivity index (χ4v) is 1.90. The first-order valence-corrected chi connectivity index (χ1v) is 6.04. The third-order valence-corrected chi connectivity index (χ3v) is 2.85. The van der Waals surface area contributed by atoms with E-state index < -0.39 is 4.92 Å². The molecule has 1 aromatic heterocycles. The summed E-state index contributed by atoms with van der Waals surface area (Å²) in [6, 6.07) is 10.5. The van der Waals surface area contributed by atoms with Crippen LogP contribution in [0.25, 0.3) is 0 Å². The number of hydrogen-bond donors (Lipinski definition) is 1. The lowest BCUT2D eigenvalue weighted by Crippen LogP contribution is -2.03. The number of halogens is 1. The van der Waals surface area contributed by atoms with Crippen molar-refractivity contribution >= 4 is 23.1 Å². The summed E-state index contributed by atoms with van der Waals surface area (Å²) < 4.78 is 0. The van der Waals surface area contributed by atoms with Crippen LogP contribution in [-0.4, -0.2) is 9.91 Å². The zero-order valence-corrected chi connectivity index (χ0v) is 11.0. The van der Waals surface area contributed by atoms with Gasteiger partial charge in [-0.1, -0.05) is 23.7 Å². The Hall–Kier alpha value is -2.14. The fraction of sp³-hybridized carbons (Fsp3) is 0.154. The molecule has 1 N–H and O–H groups in total. The molecule has 1 heterocycles. The number of benzene rings is 1. The van der Waals surface area contributed by atoms with Gasteiger partial charge in [-0.3, -0.25) is 10.1 Å². The van der Waals surface area contributed by atoms with Crippen molar-refractivity contribution in [1.29, 1.82) is 0 Å². The standard InChI is InChI=1S/C13H12ClN3O2/c1-9-12(17(18)19)5-6-13(16-9)15-8-10-3-2-4-11(14)7-10/h2-7H,8H2,1H3,(H,15,16). The van der Waals surface area contributed by atoms with Crippen LogP contribution in [0.2, 0.25) is 5.02 Å². The first-order valence-electron chi connectivity index (χ1n) is 5.66. The number of nitro groups is 1. The van der Waals surface area contributed by atoms with Crippen molar-refractivity contribution in [3.63, 3.8) is 0 Å². The van der Waals surface area contributed by atoms with Gasteiger partial charge in [-0.25, -0.2) is 4.98 Å². The SMILES string of the molecule is Cc1nc(NCc2cccc(Cl)c2)ccc1[N+](=O)[O-]. The lowest BCUT2D eigenvalue weighted by Gasteiger charge is -2.07. The molecule has 0 aliphatic carbocycles. The largest absolute Gasteiger partial charge is 0.366 e. The summed E-state index contributed by atoms with van der Waals surface area (Å²) in [6.07, 6.45) is 0. The Kier molecular flexibility index (Phi) is 3.97. The van der Waals surface area contributed by atoms with Crippen LogP contribution in [0.1, 0.15) is 11.3 Å². The first-order chi connectivity index (χ1) is 9.06. The van der Waals surface area contributed by atoms with Gasteiger partial charge in [-0.2, -0.15) is 0 Å². The zero-order valence-electron chi connectivity index (χ0n) is 10.3. The van der Waals surface area contributed by atoms with E-state index in [2.05, 4.69) is 10.3 Å². The normalized spacial score (nSPS) is 10.2. The monoisotopic (exact) mass is 277 g/mol. The van der Waals surface area contributed by atoms with Gasteiger partial charge >= 0.3 is 0 Å². The van der Waals surface area contributed by atoms with Gasteiger partial charge in [0.1, 0.15) is 11.5 Å². The molecule has 98 valence electrons. The van der Waals surface area contributed by atoms with Crippen molar-refractivity contribution in [3.05, 3.63) is 62.8 Å². The lowest BCUT2D eigenvalue weighted by molar-refractivity contribution is -0.385. The fourth-order valence-electron chi connectivity index (χ4n) is 1.68. The van der Waals surface area contributed by atoms with Gasteiger partial charge in [0.15, 0.2) is 0 Å². The van der Waals surface area contributed by atoms with E-state index in [9.17, 15) is 10.1 Å². The van der Waals surface area contributed by atoms with Crippen LogP contribution < -0.4 is 5.32 Å². The number of rotatable bonds is 4. The topological polar surface area (TPSA) is 68.1 Å². The highest BCUT2D eigenvalue weighted by molar-refractivity contribution is 6.30. The Labute approximate surface area is 115 Å². The average molecular weight is 278 g/mol. The molecular weight excluding hydrogens is 266 g/mol. The minimum atomic E-state index is -0.441. The van der Waals surface area contributed by atoms with Gasteiger partial charge in [-0.15, -0.1) is 0 Å². The highest BCUT2D eigenvalue weighted by Crippen LogP contribution is 2.18. The molecule has 5 nitrogen and oxygen atoms in total. The molecule has 0 radical (unpaired) electrons. The molecule has 2 aromatic rings. The van der Waals surface area contributed by atoms with E-state index in [0.717, 1.165) is 5.56 Å². The summed E-state index contributed by atoms with van der Waals surface area (Å²) >= 11 is 5.89. The summed E-state index contributed by atoms with van der Waals surface area (Å²) in [5, 5.41) is 14.5. The van der Waals surface area contributed by atoms with Crippen LogP contribution in [-0.2, 0) is 6.54 Å². The summed E-state index contributed by atoms with van der Waals surface area (Å²) in [7, 11) is 0. The zero-order chi connectivity index (χ0) is 13.8. The Morgan fingerprint density at radius 1 is 1.37 bits per heavy atom. The molecule has 6 heteroatoms. The molecule has 19 heavy (non-hydrogen) atoms. The maximum atomic E-state index is 10.7.